The Morgan fingerprint density at radius 2 is 1.97 bits per heavy atom. The molecular weight excluding hydrogens is 496 g/mol. The van der Waals surface area contributed by atoms with Crippen LogP contribution in [0.25, 0.3) is 50.3 Å². The standard InChI is InChI=1S/C30H29F2N7/c1-5-7-8-18(6-2)19-15-23-27(24(32)16-19)37-38-28(23)30-35-25-9-10-34-26(29(25)36-30)20-13-21(31)17-22(14-20)33-11-12-39(3)4/h5-10,13-17,33H,1,11-12H2,2-4H3,(H,35,36)(H,37,38)/b8-7-,18-6+. The molecular formula is C30H29F2N7. The summed E-state index contributed by atoms with van der Waals surface area (Å²) in [7, 11) is 3.96. The number of benzene rings is 2. The minimum Gasteiger partial charge on any atom is -0.384 e. The molecule has 198 valence electrons. The predicted octanol–water partition coefficient (Wildman–Crippen LogP) is 6.57. The molecule has 0 atom stereocenters. The van der Waals surface area contributed by atoms with Crippen LogP contribution in [0.2, 0.25) is 0 Å². The number of H-pyrrole nitrogens is 2. The Balaban J connectivity index is 1.58. The zero-order valence-electron chi connectivity index (χ0n) is 22.0. The van der Waals surface area contributed by atoms with Gasteiger partial charge in [0, 0.05) is 35.9 Å². The van der Waals surface area contributed by atoms with Crippen molar-refractivity contribution in [2.24, 2.45) is 0 Å². The van der Waals surface area contributed by atoms with Crippen LogP contribution in [0.1, 0.15) is 12.5 Å². The van der Waals surface area contributed by atoms with Crippen molar-refractivity contribution in [3.8, 4) is 22.8 Å². The molecule has 0 bridgehead atoms. The highest BCUT2D eigenvalue weighted by atomic mass is 19.1. The fraction of sp³-hybridized carbons (Fsp3) is 0.167. The number of rotatable bonds is 9. The van der Waals surface area contributed by atoms with Crippen LogP contribution in [-0.4, -0.2) is 57.2 Å². The van der Waals surface area contributed by atoms with E-state index in [0.717, 1.165) is 12.1 Å². The minimum absolute atomic E-state index is 0.217. The Kier molecular flexibility index (Phi) is 7.33. The Morgan fingerprint density at radius 1 is 1.13 bits per heavy atom. The molecule has 5 rings (SSSR count). The molecule has 2 aromatic carbocycles. The van der Waals surface area contributed by atoms with Crippen LogP contribution in [0.4, 0.5) is 14.5 Å². The van der Waals surface area contributed by atoms with Gasteiger partial charge in [0.25, 0.3) is 0 Å². The summed E-state index contributed by atoms with van der Waals surface area (Å²) in [5, 5.41) is 11.0. The van der Waals surface area contributed by atoms with Crippen LogP contribution in [0.5, 0.6) is 0 Å². The molecule has 0 aliphatic rings. The van der Waals surface area contributed by atoms with E-state index >= 15 is 4.39 Å². The summed E-state index contributed by atoms with van der Waals surface area (Å²) in [6.07, 6.45) is 8.90. The number of aromatic amines is 2. The van der Waals surface area contributed by atoms with Gasteiger partial charge in [0.1, 0.15) is 22.5 Å². The fourth-order valence-electron chi connectivity index (χ4n) is 4.47. The second-order valence-corrected chi connectivity index (χ2v) is 9.39. The van der Waals surface area contributed by atoms with Gasteiger partial charge in [-0.05, 0) is 68.6 Å². The van der Waals surface area contributed by atoms with Crippen LogP contribution in [0.3, 0.4) is 0 Å². The fourth-order valence-corrected chi connectivity index (χ4v) is 4.47. The van der Waals surface area contributed by atoms with Crippen molar-refractivity contribution in [3.63, 3.8) is 0 Å². The first-order valence-corrected chi connectivity index (χ1v) is 12.6. The van der Waals surface area contributed by atoms with Crippen molar-refractivity contribution in [1.82, 2.24) is 30.0 Å². The van der Waals surface area contributed by atoms with Crippen LogP contribution in [0.15, 0.2) is 73.5 Å². The summed E-state index contributed by atoms with van der Waals surface area (Å²) in [6, 6.07) is 9.90. The van der Waals surface area contributed by atoms with Gasteiger partial charge in [-0.1, -0.05) is 30.9 Å². The third kappa shape index (κ3) is 5.35. The molecule has 0 saturated carbocycles. The van der Waals surface area contributed by atoms with E-state index in [-0.39, 0.29) is 11.3 Å². The monoisotopic (exact) mass is 525 g/mol. The van der Waals surface area contributed by atoms with Crippen molar-refractivity contribution < 1.29 is 8.78 Å². The lowest BCUT2D eigenvalue weighted by Gasteiger charge is -2.12. The Bertz CT molecular complexity index is 1730. The molecule has 0 radical (unpaired) electrons. The molecule has 9 heteroatoms. The molecule has 39 heavy (non-hydrogen) atoms. The van der Waals surface area contributed by atoms with Crippen LogP contribution in [-0.2, 0) is 0 Å². The number of hydrogen-bond donors (Lipinski definition) is 3. The van der Waals surface area contributed by atoms with Gasteiger partial charge in [0.15, 0.2) is 11.6 Å². The van der Waals surface area contributed by atoms with Gasteiger partial charge in [0.2, 0.25) is 0 Å². The number of nitrogens with zero attached hydrogens (tertiary/aromatic N) is 4. The number of anilines is 1. The van der Waals surface area contributed by atoms with Crippen LogP contribution >= 0.6 is 0 Å². The third-order valence-corrected chi connectivity index (χ3v) is 6.37. The largest absolute Gasteiger partial charge is 0.384 e. The highest BCUT2D eigenvalue weighted by Gasteiger charge is 2.19. The zero-order valence-corrected chi connectivity index (χ0v) is 22.0. The van der Waals surface area contributed by atoms with Crippen LogP contribution < -0.4 is 5.32 Å². The van der Waals surface area contributed by atoms with Crippen molar-refractivity contribution in [1.29, 1.82) is 0 Å². The van der Waals surface area contributed by atoms with Crippen molar-refractivity contribution in [2.75, 3.05) is 32.5 Å². The smallest absolute Gasteiger partial charge is 0.157 e. The predicted molar refractivity (Wildman–Crippen MR) is 154 cm³/mol. The molecule has 3 heterocycles. The van der Waals surface area contributed by atoms with Gasteiger partial charge in [-0.2, -0.15) is 5.10 Å². The maximum absolute atomic E-state index is 15.1. The number of pyridine rings is 1. The molecule has 0 amide bonds. The number of hydrogen-bond acceptors (Lipinski definition) is 5. The van der Waals surface area contributed by atoms with Crippen molar-refractivity contribution in [2.45, 2.75) is 6.92 Å². The molecule has 0 spiro atoms. The molecule has 7 nitrogen and oxygen atoms in total. The van der Waals surface area contributed by atoms with E-state index in [1.165, 1.54) is 18.2 Å². The van der Waals surface area contributed by atoms with Crippen molar-refractivity contribution >= 4 is 33.2 Å². The molecule has 0 saturated heterocycles. The Hall–Kier alpha value is -4.63. The van der Waals surface area contributed by atoms with E-state index in [1.54, 1.807) is 24.4 Å². The van der Waals surface area contributed by atoms with E-state index in [4.69, 9.17) is 4.98 Å². The average Bonchev–Trinajstić information content (AvgIpc) is 3.53. The lowest BCUT2D eigenvalue weighted by Crippen LogP contribution is -2.20. The number of imidazole rings is 1. The van der Waals surface area contributed by atoms with Gasteiger partial charge in [-0.25, -0.2) is 13.8 Å². The molecule has 5 aromatic rings. The number of nitrogens with one attached hydrogen (secondary N) is 3. The molecule has 3 aromatic heterocycles. The van der Waals surface area contributed by atoms with Gasteiger partial charge < -0.3 is 15.2 Å². The number of halogens is 2. The van der Waals surface area contributed by atoms with Gasteiger partial charge in [-0.15, -0.1) is 0 Å². The van der Waals surface area contributed by atoms with E-state index in [2.05, 4.69) is 32.1 Å². The summed E-state index contributed by atoms with van der Waals surface area (Å²) in [6.45, 7) is 7.08. The molecule has 3 N–H and O–H groups in total. The van der Waals surface area contributed by atoms with E-state index in [0.29, 0.717) is 57.0 Å². The van der Waals surface area contributed by atoms with Crippen molar-refractivity contribution in [3.05, 3.63) is 90.7 Å². The minimum atomic E-state index is -0.441. The number of allylic oxidation sites excluding steroid dienone is 5. The highest BCUT2D eigenvalue weighted by Crippen LogP contribution is 2.33. The first-order chi connectivity index (χ1) is 18.9. The second kappa shape index (κ2) is 11.0. The highest BCUT2D eigenvalue weighted by molar-refractivity contribution is 5.98. The van der Waals surface area contributed by atoms with Gasteiger partial charge >= 0.3 is 0 Å². The lowest BCUT2D eigenvalue weighted by molar-refractivity contribution is 0.425. The number of aromatic nitrogens is 5. The summed E-state index contributed by atoms with van der Waals surface area (Å²) in [5.74, 6) is -0.339. The Morgan fingerprint density at radius 3 is 2.74 bits per heavy atom. The quantitative estimate of drug-likeness (QED) is 0.190. The first-order valence-electron chi connectivity index (χ1n) is 12.6. The summed E-state index contributed by atoms with van der Waals surface area (Å²) in [5.41, 5.74) is 5.39. The summed E-state index contributed by atoms with van der Waals surface area (Å²) in [4.78, 5) is 14.7. The number of fused-ring (bicyclic) bond motifs is 2. The van der Waals surface area contributed by atoms with E-state index < -0.39 is 5.82 Å². The topological polar surface area (TPSA) is 85.5 Å². The normalized spacial score (nSPS) is 12.3. The lowest BCUT2D eigenvalue weighted by atomic mass is 10.0. The first kappa shape index (κ1) is 26.0. The number of likely N-dealkylation sites (N-methyl/N-ethyl adjacent to an activating group) is 1. The maximum Gasteiger partial charge on any atom is 0.157 e. The zero-order chi connectivity index (χ0) is 27.5. The molecule has 0 fully saturated rings. The Labute approximate surface area is 225 Å². The van der Waals surface area contributed by atoms with E-state index in [1.807, 2.05) is 50.2 Å². The maximum atomic E-state index is 15.1. The third-order valence-electron chi connectivity index (χ3n) is 6.37. The van der Waals surface area contributed by atoms with E-state index in [9.17, 15) is 4.39 Å². The average molecular weight is 526 g/mol. The molecule has 0 aliphatic carbocycles. The molecule has 0 aliphatic heterocycles. The second-order valence-electron chi connectivity index (χ2n) is 9.39. The SMILES string of the molecule is C=C/C=C\C(=C/C)c1cc(F)c2n[nH]c(-c3nc4c(-c5cc(F)cc(NCCN(C)C)c5)nccc4[nH]3)c2c1. The summed E-state index contributed by atoms with van der Waals surface area (Å²) >= 11 is 0. The van der Waals surface area contributed by atoms with Gasteiger partial charge in [-0.3, -0.25) is 10.1 Å². The molecule has 0 unspecified atom stereocenters. The van der Waals surface area contributed by atoms with Crippen LogP contribution in [0, 0.1) is 11.6 Å². The summed E-state index contributed by atoms with van der Waals surface area (Å²) < 4.78 is 29.6. The van der Waals surface area contributed by atoms with Gasteiger partial charge in [0.05, 0.1) is 11.2 Å².